The number of aliphatic hydroxyl groups is 1. The van der Waals surface area contributed by atoms with Crippen molar-refractivity contribution in [1.82, 2.24) is 5.32 Å². The van der Waals surface area contributed by atoms with E-state index in [1.807, 2.05) is 0 Å². The SMILES string of the molecule is Cc1ccc(CNCc2ccc(F)c(CO)c2)c(C)c1. The normalized spacial score (nSPS) is 10.8. The van der Waals surface area contributed by atoms with Gasteiger partial charge in [0.05, 0.1) is 6.61 Å². The van der Waals surface area contributed by atoms with Crippen LogP contribution in [0.25, 0.3) is 0 Å². The molecule has 0 saturated carbocycles. The molecule has 2 aromatic rings. The average Bonchev–Trinajstić information content (AvgIpc) is 2.43. The smallest absolute Gasteiger partial charge is 0.128 e. The molecule has 0 spiro atoms. The predicted octanol–water partition coefficient (Wildman–Crippen LogP) is 3.22. The van der Waals surface area contributed by atoms with Gasteiger partial charge >= 0.3 is 0 Å². The van der Waals surface area contributed by atoms with E-state index in [0.717, 1.165) is 12.1 Å². The quantitative estimate of drug-likeness (QED) is 0.876. The van der Waals surface area contributed by atoms with Gasteiger partial charge in [0.2, 0.25) is 0 Å². The van der Waals surface area contributed by atoms with E-state index in [1.54, 1.807) is 12.1 Å². The predicted molar refractivity (Wildman–Crippen MR) is 78.8 cm³/mol. The van der Waals surface area contributed by atoms with Crippen molar-refractivity contribution in [3.63, 3.8) is 0 Å². The molecule has 2 rings (SSSR count). The van der Waals surface area contributed by atoms with Gasteiger partial charge in [-0.25, -0.2) is 4.39 Å². The molecule has 0 atom stereocenters. The van der Waals surface area contributed by atoms with Gasteiger partial charge < -0.3 is 10.4 Å². The second-order valence-corrected chi connectivity index (χ2v) is 5.12. The number of halogens is 1. The first kappa shape index (κ1) is 14.7. The molecule has 0 amide bonds. The van der Waals surface area contributed by atoms with Gasteiger partial charge in [-0.15, -0.1) is 0 Å². The van der Waals surface area contributed by atoms with Crippen LogP contribution >= 0.6 is 0 Å². The molecule has 0 aliphatic heterocycles. The number of hydrogen-bond donors (Lipinski definition) is 2. The van der Waals surface area contributed by atoms with E-state index in [2.05, 4.69) is 37.4 Å². The van der Waals surface area contributed by atoms with Gasteiger partial charge in [0, 0.05) is 18.7 Å². The summed E-state index contributed by atoms with van der Waals surface area (Å²) in [6.07, 6.45) is 0. The summed E-state index contributed by atoms with van der Waals surface area (Å²) in [6.45, 7) is 5.35. The monoisotopic (exact) mass is 273 g/mol. The van der Waals surface area contributed by atoms with Crippen molar-refractivity contribution in [1.29, 1.82) is 0 Å². The molecule has 0 saturated heterocycles. The number of nitrogens with one attached hydrogen (secondary N) is 1. The summed E-state index contributed by atoms with van der Waals surface area (Å²) in [5, 5.41) is 12.4. The lowest BCUT2D eigenvalue weighted by atomic mass is 10.1. The maximum atomic E-state index is 13.3. The molecule has 0 heterocycles. The number of aliphatic hydroxyl groups excluding tert-OH is 1. The van der Waals surface area contributed by atoms with Gasteiger partial charge in [0.1, 0.15) is 5.82 Å². The molecule has 2 aromatic carbocycles. The summed E-state index contributed by atoms with van der Waals surface area (Å²) in [5.41, 5.74) is 5.11. The summed E-state index contributed by atoms with van der Waals surface area (Å²) in [6, 6.07) is 11.2. The largest absolute Gasteiger partial charge is 0.392 e. The first-order valence-electron chi connectivity index (χ1n) is 6.75. The van der Waals surface area contributed by atoms with Gasteiger partial charge in [-0.3, -0.25) is 0 Å². The summed E-state index contributed by atoms with van der Waals surface area (Å²) >= 11 is 0. The van der Waals surface area contributed by atoms with E-state index in [-0.39, 0.29) is 12.4 Å². The Labute approximate surface area is 119 Å². The second-order valence-electron chi connectivity index (χ2n) is 5.12. The molecule has 0 bridgehead atoms. The highest BCUT2D eigenvalue weighted by Crippen LogP contribution is 2.12. The first-order valence-corrected chi connectivity index (χ1v) is 6.75. The van der Waals surface area contributed by atoms with Gasteiger partial charge in [-0.05, 0) is 42.7 Å². The highest BCUT2D eigenvalue weighted by molar-refractivity contribution is 5.30. The Morgan fingerprint density at radius 1 is 1.00 bits per heavy atom. The minimum absolute atomic E-state index is 0.267. The van der Waals surface area contributed by atoms with Crippen LogP contribution in [0.4, 0.5) is 4.39 Å². The van der Waals surface area contributed by atoms with Crippen molar-refractivity contribution >= 4 is 0 Å². The Balaban J connectivity index is 1.96. The van der Waals surface area contributed by atoms with Crippen LogP contribution in [0.1, 0.15) is 27.8 Å². The molecule has 0 fully saturated rings. The van der Waals surface area contributed by atoms with Gasteiger partial charge in [-0.2, -0.15) is 0 Å². The number of aryl methyl sites for hydroxylation is 2. The van der Waals surface area contributed by atoms with E-state index in [9.17, 15) is 4.39 Å². The lowest BCUT2D eigenvalue weighted by Crippen LogP contribution is -2.14. The third-order valence-electron chi connectivity index (χ3n) is 3.42. The fourth-order valence-electron chi connectivity index (χ4n) is 2.24. The number of hydrogen-bond acceptors (Lipinski definition) is 2. The van der Waals surface area contributed by atoms with Gasteiger partial charge in [-0.1, -0.05) is 29.8 Å². The maximum Gasteiger partial charge on any atom is 0.128 e. The molecule has 0 aromatic heterocycles. The molecule has 106 valence electrons. The molecule has 3 heteroatoms. The zero-order valence-electron chi connectivity index (χ0n) is 11.9. The lowest BCUT2D eigenvalue weighted by molar-refractivity contribution is 0.275. The topological polar surface area (TPSA) is 32.3 Å². The number of rotatable bonds is 5. The lowest BCUT2D eigenvalue weighted by Gasteiger charge is -2.10. The summed E-state index contributed by atoms with van der Waals surface area (Å²) in [4.78, 5) is 0. The van der Waals surface area contributed by atoms with Crippen LogP contribution in [-0.4, -0.2) is 5.11 Å². The highest BCUT2D eigenvalue weighted by atomic mass is 19.1. The average molecular weight is 273 g/mol. The van der Waals surface area contributed by atoms with E-state index in [0.29, 0.717) is 12.1 Å². The van der Waals surface area contributed by atoms with Crippen molar-refractivity contribution in [2.45, 2.75) is 33.5 Å². The van der Waals surface area contributed by atoms with Crippen molar-refractivity contribution in [3.05, 3.63) is 70.0 Å². The molecular formula is C17H20FNO. The fraction of sp³-hybridized carbons (Fsp3) is 0.294. The molecule has 0 aliphatic carbocycles. The van der Waals surface area contributed by atoms with Crippen LogP contribution < -0.4 is 5.32 Å². The minimum atomic E-state index is -0.356. The van der Waals surface area contributed by atoms with Gasteiger partial charge in [0.25, 0.3) is 0 Å². The molecule has 0 unspecified atom stereocenters. The standard InChI is InChI=1S/C17H20FNO/c1-12-3-5-15(13(2)7-12)10-19-9-14-4-6-17(18)16(8-14)11-20/h3-8,19-20H,9-11H2,1-2H3. The van der Waals surface area contributed by atoms with Crippen molar-refractivity contribution in [3.8, 4) is 0 Å². The van der Waals surface area contributed by atoms with Crippen LogP contribution in [0, 0.1) is 19.7 Å². The van der Waals surface area contributed by atoms with Crippen LogP contribution in [0.5, 0.6) is 0 Å². The minimum Gasteiger partial charge on any atom is -0.392 e. The third-order valence-corrected chi connectivity index (χ3v) is 3.42. The zero-order chi connectivity index (χ0) is 14.5. The Hall–Kier alpha value is -1.71. The molecule has 0 radical (unpaired) electrons. The van der Waals surface area contributed by atoms with Crippen LogP contribution in [0.2, 0.25) is 0 Å². The summed E-state index contributed by atoms with van der Waals surface area (Å²) in [7, 11) is 0. The van der Waals surface area contributed by atoms with Crippen molar-refractivity contribution in [2.24, 2.45) is 0 Å². The van der Waals surface area contributed by atoms with E-state index in [4.69, 9.17) is 5.11 Å². The van der Waals surface area contributed by atoms with Crippen LogP contribution in [0.15, 0.2) is 36.4 Å². The van der Waals surface area contributed by atoms with Crippen LogP contribution in [0.3, 0.4) is 0 Å². The van der Waals surface area contributed by atoms with Crippen molar-refractivity contribution in [2.75, 3.05) is 0 Å². The number of benzene rings is 2. The highest BCUT2D eigenvalue weighted by Gasteiger charge is 2.03. The molecule has 0 aliphatic rings. The Morgan fingerprint density at radius 2 is 1.80 bits per heavy atom. The first-order chi connectivity index (χ1) is 9.60. The molecule has 20 heavy (non-hydrogen) atoms. The molecule has 2 N–H and O–H groups in total. The van der Waals surface area contributed by atoms with E-state index in [1.165, 1.54) is 22.8 Å². The summed E-state index contributed by atoms with van der Waals surface area (Å²) in [5.74, 6) is -0.356. The second kappa shape index (κ2) is 6.64. The summed E-state index contributed by atoms with van der Waals surface area (Å²) < 4.78 is 13.3. The molecule has 2 nitrogen and oxygen atoms in total. The fourth-order valence-corrected chi connectivity index (χ4v) is 2.24. The zero-order valence-corrected chi connectivity index (χ0v) is 11.9. The van der Waals surface area contributed by atoms with E-state index < -0.39 is 0 Å². The van der Waals surface area contributed by atoms with E-state index >= 15 is 0 Å². The van der Waals surface area contributed by atoms with Gasteiger partial charge in [0.15, 0.2) is 0 Å². The Kier molecular flexibility index (Phi) is 4.88. The van der Waals surface area contributed by atoms with Crippen LogP contribution in [-0.2, 0) is 19.7 Å². The Morgan fingerprint density at radius 3 is 2.50 bits per heavy atom. The Bertz CT molecular complexity index is 596. The molecular weight excluding hydrogens is 253 g/mol. The maximum absolute atomic E-state index is 13.3. The third kappa shape index (κ3) is 3.65. The van der Waals surface area contributed by atoms with Crippen molar-refractivity contribution < 1.29 is 9.50 Å².